The number of carbonyl (C=O) groups excluding carboxylic acids is 2. The third-order valence-electron chi connectivity index (χ3n) is 7.30. The smallest absolute Gasteiger partial charge is 0.242 e. The van der Waals surface area contributed by atoms with Crippen molar-refractivity contribution in [2.24, 2.45) is 5.92 Å². The number of benzene rings is 2. The minimum absolute atomic E-state index is 0.0729. The molecule has 3 heterocycles. The Labute approximate surface area is 250 Å². The molecule has 5 rings (SSSR count). The standard InChI is InChI=1S/C32H38FN7O3/c1-22(2)16-28-32(42)35-11-14-40-13-10-34-31(40)24-7-4-9-27(18-24)43-15-5-12-39(21-29(41)37-28)20-25-19-36-38-30(25)23-6-3-8-26(33)17-23/h3-4,6-10,13,17-19,22,28H,5,11-12,14-16,20-21H2,1-2H3,(H,35,42)(H,36,38)(H,37,41)/t28-/m1/s1. The summed E-state index contributed by atoms with van der Waals surface area (Å²) >= 11 is 0. The van der Waals surface area contributed by atoms with Crippen LogP contribution in [0.15, 0.2) is 67.1 Å². The lowest BCUT2D eigenvalue weighted by molar-refractivity contribution is -0.130. The molecule has 0 spiro atoms. The SMILES string of the molecule is CC(C)C[C@H]1NC(=O)CN(Cc2cn[nH]c2-c2cccc(F)c2)CCCOc2cccc(c2)-c2nccn2CCNC1=O. The van der Waals surface area contributed by atoms with Crippen LogP contribution in [-0.4, -0.2) is 68.7 Å². The van der Waals surface area contributed by atoms with Gasteiger partial charge in [-0.3, -0.25) is 19.6 Å². The van der Waals surface area contributed by atoms with Crippen molar-refractivity contribution in [3.63, 3.8) is 0 Å². The van der Waals surface area contributed by atoms with Crippen LogP contribution in [0.5, 0.6) is 5.75 Å². The Morgan fingerprint density at radius 3 is 2.77 bits per heavy atom. The molecule has 4 aromatic rings. The van der Waals surface area contributed by atoms with E-state index in [9.17, 15) is 14.0 Å². The molecule has 1 aliphatic heterocycles. The van der Waals surface area contributed by atoms with Gasteiger partial charge < -0.3 is 19.9 Å². The Balaban J connectivity index is 1.38. The number of ether oxygens (including phenoxy) is 1. The maximum absolute atomic E-state index is 14.0. The van der Waals surface area contributed by atoms with Gasteiger partial charge in [-0.15, -0.1) is 0 Å². The van der Waals surface area contributed by atoms with E-state index in [1.807, 2.05) is 59.8 Å². The van der Waals surface area contributed by atoms with E-state index in [1.165, 1.54) is 12.1 Å². The normalized spacial score (nSPS) is 17.3. The number of rotatable bonds is 5. The molecular weight excluding hydrogens is 549 g/mol. The highest BCUT2D eigenvalue weighted by atomic mass is 19.1. The highest BCUT2D eigenvalue weighted by Gasteiger charge is 2.24. The van der Waals surface area contributed by atoms with Crippen LogP contribution in [0.25, 0.3) is 22.6 Å². The van der Waals surface area contributed by atoms with Crippen molar-refractivity contribution in [1.29, 1.82) is 0 Å². The van der Waals surface area contributed by atoms with E-state index in [-0.39, 0.29) is 30.1 Å². The van der Waals surface area contributed by atoms with Crippen molar-refractivity contribution in [3.8, 4) is 28.4 Å². The zero-order valence-electron chi connectivity index (χ0n) is 24.6. The van der Waals surface area contributed by atoms with Gasteiger partial charge in [0.1, 0.15) is 23.4 Å². The predicted molar refractivity (Wildman–Crippen MR) is 161 cm³/mol. The number of halogens is 1. The van der Waals surface area contributed by atoms with Gasteiger partial charge in [-0.1, -0.05) is 38.1 Å². The van der Waals surface area contributed by atoms with Crippen LogP contribution < -0.4 is 15.4 Å². The second-order valence-corrected chi connectivity index (χ2v) is 11.2. The van der Waals surface area contributed by atoms with Gasteiger partial charge in [0.15, 0.2) is 0 Å². The fraction of sp³-hybridized carbons (Fsp3) is 0.375. The maximum Gasteiger partial charge on any atom is 0.242 e. The van der Waals surface area contributed by atoms with Crippen molar-refractivity contribution in [2.75, 3.05) is 26.2 Å². The van der Waals surface area contributed by atoms with Gasteiger partial charge in [0.25, 0.3) is 0 Å². The minimum atomic E-state index is -0.660. The summed E-state index contributed by atoms with van der Waals surface area (Å²) in [5, 5.41) is 13.1. The van der Waals surface area contributed by atoms with Crippen molar-refractivity contribution >= 4 is 11.8 Å². The molecule has 1 atom stereocenters. The van der Waals surface area contributed by atoms with E-state index in [2.05, 4.69) is 25.8 Å². The van der Waals surface area contributed by atoms with Gasteiger partial charge in [0.2, 0.25) is 11.8 Å². The van der Waals surface area contributed by atoms with Gasteiger partial charge in [0, 0.05) is 55.3 Å². The number of fused-ring (bicyclic) bond motifs is 4. The number of imidazole rings is 1. The first-order chi connectivity index (χ1) is 20.9. The molecule has 0 aliphatic carbocycles. The third-order valence-corrected chi connectivity index (χ3v) is 7.30. The van der Waals surface area contributed by atoms with Crippen molar-refractivity contribution in [3.05, 3.63) is 78.5 Å². The summed E-state index contributed by atoms with van der Waals surface area (Å²) < 4.78 is 22.0. The van der Waals surface area contributed by atoms with Crippen molar-refractivity contribution < 1.29 is 18.7 Å². The average Bonchev–Trinajstić information content (AvgIpc) is 3.64. The number of hydrogen-bond donors (Lipinski definition) is 3. The van der Waals surface area contributed by atoms with Crippen molar-refractivity contribution in [2.45, 2.75) is 45.8 Å². The number of H-pyrrole nitrogens is 1. The Hall–Kier alpha value is -4.51. The summed E-state index contributed by atoms with van der Waals surface area (Å²) in [5.74, 6) is 0.917. The molecule has 2 bridgehead atoms. The second-order valence-electron chi connectivity index (χ2n) is 11.2. The summed E-state index contributed by atoms with van der Waals surface area (Å²) in [6.45, 7) is 6.42. The van der Waals surface area contributed by atoms with Crippen LogP contribution in [0.2, 0.25) is 0 Å². The lowest BCUT2D eigenvalue weighted by Crippen LogP contribution is -2.50. The minimum Gasteiger partial charge on any atom is -0.494 e. The van der Waals surface area contributed by atoms with E-state index >= 15 is 0 Å². The third kappa shape index (κ3) is 8.07. The average molecular weight is 588 g/mol. The Bertz CT molecular complexity index is 1530. The van der Waals surface area contributed by atoms with Crippen LogP contribution in [-0.2, 0) is 22.7 Å². The van der Waals surface area contributed by atoms with E-state index in [4.69, 9.17) is 4.74 Å². The molecule has 11 heteroatoms. The molecule has 226 valence electrons. The van der Waals surface area contributed by atoms with E-state index < -0.39 is 6.04 Å². The molecular formula is C32H38FN7O3. The van der Waals surface area contributed by atoms with Gasteiger partial charge in [0.05, 0.1) is 25.0 Å². The monoisotopic (exact) mass is 587 g/mol. The topological polar surface area (TPSA) is 117 Å². The number of nitrogens with one attached hydrogen (secondary N) is 3. The molecule has 0 saturated heterocycles. The summed E-state index contributed by atoms with van der Waals surface area (Å²) in [6, 6.07) is 13.4. The molecule has 0 saturated carbocycles. The number of nitrogens with zero attached hydrogens (tertiary/aromatic N) is 4. The van der Waals surface area contributed by atoms with E-state index in [1.54, 1.807) is 18.5 Å². The molecule has 3 N–H and O–H groups in total. The summed E-state index contributed by atoms with van der Waals surface area (Å²) in [6.07, 6.45) is 6.48. The number of aromatic amines is 1. The number of aromatic nitrogens is 4. The molecule has 2 aromatic carbocycles. The molecule has 2 aromatic heterocycles. The predicted octanol–water partition coefficient (Wildman–Crippen LogP) is 4.01. The molecule has 10 nitrogen and oxygen atoms in total. The number of hydrogen-bond acceptors (Lipinski definition) is 6. The summed E-state index contributed by atoms with van der Waals surface area (Å²) in [4.78, 5) is 33.1. The quantitative estimate of drug-likeness (QED) is 0.325. The summed E-state index contributed by atoms with van der Waals surface area (Å²) in [5.41, 5.74) is 3.13. The zero-order valence-corrected chi connectivity index (χ0v) is 24.6. The largest absolute Gasteiger partial charge is 0.494 e. The zero-order chi connectivity index (χ0) is 30.2. The Kier molecular flexibility index (Phi) is 9.83. The van der Waals surface area contributed by atoms with Gasteiger partial charge in [-0.2, -0.15) is 5.10 Å². The van der Waals surface area contributed by atoms with Gasteiger partial charge in [-0.25, -0.2) is 9.37 Å². The maximum atomic E-state index is 14.0. The molecule has 43 heavy (non-hydrogen) atoms. The van der Waals surface area contributed by atoms with Crippen LogP contribution in [0.1, 0.15) is 32.3 Å². The van der Waals surface area contributed by atoms with E-state index in [0.717, 1.165) is 22.7 Å². The highest BCUT2D eigenvalue weighted by Crippen LogP contribution is 2.24. The molecule has 0 unspecified atom stereocenters. The second kappa shape index (κ2) is 14.1. The molecule has 0 radical (unpaired) electrons. The first-order valence-corrected chi connectivity index (χ1v) is 14.7. The fourth-order valence-corrected chi connectivity index (χ4v) is 5.30. The Morgan fingerprint density at radius 1 is 1.09 bits per heavy atom. The number of carbonyl (C=O) groups is 2. The van der Waals surface area contributed by atoms with Gasteiger partial charge in [-0.05, 0) is 43.0 Å². The lowest BCUT2D eigenvalue weighted by atomic mass is 10.0. The van der Waals surface area contributed by atoms with Crippen molar-refractivity contribution in [1.82, 2.24) is 35.3 Å². The van der Waals surface area contributed by atoms with Crippen LogP contribution in [0, 0.1) is 11.7 Å². The van der Waals surface area contributed by atoms with Crippen LogP contribution in [0.3, 0.4) is 0 Å². The molecule has 0 fully saturated rings. The lowest BCUT2D eigenvalue weighted by Gasteiger charge is -2.25. The number of amides is 2. The first kappa shape index (κ1) is 30.0. The Morgan fingerprint density at radius 2 is 1.93 bits per heavy atom. The molecule has 1 aliphatic rings. The highest BCUT2D eigenvalue weighted by molar-refractivity contribution is 5.88. The van der Waals surface area contributed by atoms with Gasteiger partial charge >= 0.3 is 0 Å². The fourth-order valence-electron chi connectivity index (χ4n) is 5.30. The first-order valence-electron chi connectivity index (χ1n) is 14.7. The van der Waals surface area contributed by atoms with Crippen LogP contribution in [0.4, 0.5) is 4.39 Å². The van der Waals surface area contributed by atoms with E-state index in [0.29, 0.717) is 56.9 Å². The summed E-state index contributed by atoms with van der Waals surface area (Å²) in [7, 11) is 0. The molecule has 2 amide bonds. The van der Waals surface area contributed by atoms with Crippen LogP contribution >= 0.6 is 0 Å².